The van der Waals surface area contributed by atoms with Gasteiger partial charge in [-0.15, -0.1) is 10.2 Å². The SMILES string of the molecule is CCOc1ccc(-n2c(C)c3c(C)nnc(-c4ccc(CCc5nnc(-c6ccc(C)cc6)c6c(C)n(-c7ccc(OCC)c(Cl)c7)c(C)c56)cc4)c3c2C)c(C)c1. The average Bonchev–Trinajstić information content (AvgIpc) is 3.64. The van der Waals surface area contributed by atoms with Crippen molar-refractivity contribution >= 4 is 33.1 Å². The second-order valence-corrected chi connectivity index (χ2v) is 15.5. The van der Waals surface area contributed by atoms with E-state index in [1.165, 1.54) is 11.1 Å². The Morgan fingerprint density at radius 3 is 1.81 bits per heavy atom. The van der Waals surface area contributed by atoms with Crippen molar-refractivity contribution < 1.29 is 9.47 Å². The van der Waals surface area contributed by atoms with Crippen LogP contribution >= 0.6 is 11.6 Å². The van der Waals surface area contributed by atoms with E-state index in [-0.39, 0.29) is 0 Å². The van der Waals surface area contributed by atoms with Crippen LogP contribution in [0.3, 0.4) is 0 Å². The van der Waals surface area contributed by atoms with Crippen LogP contribution in [0.4, 0.5) is 0 Å². The van der Waals surface area contributed by atoms with Crippen LogP contribution in [0.2, 0.25) is 5.02 Å². The van der Waals surface area contributed by atoms with Crippen molar-refractivity contribution in [1.29, 1.82) is 0 Å². The summed E-state index contributed by atoms with van der Waals surface area (Å²) < 4.78 is 16.1. The number of halogens is 1. The van der Waals surface area contributed by atoms with Gasteiger partial charge in [0.2, 0.25) is 0 Å². The van der Waals surface area contributed by atoms with Crippen molar-refractivity contribution in [1.82, 2.24) is 29.5 Å². The first-order chi connectivity index (χ1) is 28.0. The Hall–Kier alpha value is -5.99. The Bertz CT molecular complexity index is 2840. The summed E-state index contributed by atoms with van der Waals surface area (Å²) in [7, 11) is 0. The van der Waals surface area contributed by atoms with Gasteiger partial charge in [-0.3, -0.25) is 0 Å². The number of benzene rings is 4. The van der Waals surface area contributed by atoms with E-state index >= 15 is 0 Å². The van der Waals surface area contributed by atoms with Crippen LogP contribution in [0.1, 0.15) is 64.7 Å². The second kappa shape index (κ2) is 15.7. The number of aromatic nitrogens is 6. The molecule has 0 N–H and O–H groups in total. The molecule has 0 unspecified atom stereocenters. The molecule has 0 aliphatic heterocycles. The molecule has 8 aromatic rings. The molecule has 8 nitrogen and oxygen atoms in total. The molecule has 4 aromatic heterocycles. The lowest BCUT2D eigenvalue weighted by Crippen LogP contribution is -2.02. The summed E-state index contributed by atoms with van der Waals surface area (Å²) in [5.41, 5.74) is 15.9. The number of hydrogen-bond acceptors (Lipinski definition) is 6. The van der Waals surface area contributed by atoms with Gasteiger partial charge in [-0.2, -0.15) is 10.2 Å². The fourth-order valence-corrected chi connectivity index (χ4v) is 8.88. The highest BCUT2D eigenvalue weighted by molar-refractivity contribution is 6.32. The van der Waals surface area contributed by atoms with E-state index < -0.39 is 0 Å². The predicted molar refractivity (Wildman–Crippen MR) is 237 cm³/mol. The molecule has 9 heteroatoms. The molecule has 0 saturated carbocycles. The largest absolute Gasteiger partial charge is 0.494 e. The van der Waals surface area contributed by atoms with E-state index in [2.05, 4.69) is 123 Å². The molecule has 8 rings (SSSR count). The normalized spacial score (nSPS) is 11.6. The zero-order valence-corrected chi connectivity index (χ0v) is 35.5. The van der Waals surface area contributed by atoms with Crippen molar-refractivity contribution in [2.24, 2.45) is 0 Å². The molecule has 0 aliphatic carbocycles. The molecule has 4 aromatic carbocycles. The molecule has 294 valence electrons. The minimum Gasteiger partial charge on any atom is -0.494 e. The van der Waals surface area contributed by atoms with Crippen LogP contribution in [-0.4, -0.2) is 42.7 Å². The summed E-state index contributed by atoms with van der Waals surface area (Å²) in [5, 5.41) is 24.3. The number of rotatable bonds is 11. The highest BCUT2D eigenvalue weighted by Gasteiger charge is 2.24. The lowest BCUT2D eigenvalue weighted by molar-refractivity contribution is 0.340. The average molecular weight is 789 g/mol. The molecule has 4 heterocycles. The minimum atomic E-state index is 0.552. The van der Waals surface area contributed by atoms with Gasteiger partial charge in [-0.25, -0.2) is 0 Å². The molecule has 0 amide bonds. The van der Waals surface area contributed by atoms with Crippen LogP contribution < -0.4 is 9.47 Å². The maximum absolute atomic E-state index is 6.72. The summed E-state index contributed by atoms with van der Waals surface area (Å²) in [6.07, 6.45) is 1.52. The first kappa shape index (κ1) is 38.9. The van der Waals surface area contributed by atoms with Crippen LogP contribution in [0.5, 0.6) is 11.5 Å². The first-order valence-electron chi connectivity index (χ1n) is 20.1. The van der Waals surface area contributed by atoms with Crippen LogP contribution in [0.15, 0.2) is 84.9 Å². The maximum Gasteiger partial charge on any atom is 0.138 e. The lowest BCUT2D eigenvalue weighted by atomic mass is 9.99. The van der Waals surface area contributed by atoms with Crippen molar-refractivity contribution in [3.05, 3.63) is 141 Å². The molecule has 0 bridgehead atoms. The molecule has 0 aliphatic rings. The summed E-state index contributed by atoms with van der Waals surface area (Å²) in [6.45, 7) is 20.1. The van der Waals surface area contributed by atoms with Gasteiger partial charge in [0.25, 0.3) is 0 Å². The zero-order chi connectivity index (χ0) is 40.8. The van der Waals surface area contributed by atoms with Crippen LogP contribution in [0.25, 0.3) is 55.4 Å². The number of nitrogens with zero attached hydrogens (tertiary/aromatic N) is 6. The van der Waals surface area contributed by atoms with Crippen LogP contribution in [-0.2, 0) is 12.8 Å². The number of ether oxygens (including phenoxy) is 2. The van der Waals surface area contributed by atoms with Crippen molar-refractivity contribution in [2.45, 2.75) is 75.2 Å². The molecule has 0 radical (unpaired) electrons. The second-order valence-electron chi connectivity index (χ2n) is 15.1. The van der Waals surface area contributed by atoms with Crippen molar-refractivity contribution in [3.8, 4) is 45.4 Å². The Balaban J connectivity index is 1.14. The van der Waals surface area contributed by atoms with Gasteiger partial charge < -0.3 is 18.6 Å². The lowest BCUT2D eigenvalue weighted by Gasteiger charge is -2.14. The first-order valence-corrected chi connectivity index (χ1v) is 20.4. The Morgan fingerprint density at radius 2 is 1.16 bits per heavy atom. The molecule has 58 heavy (non-hydrogen) atoms. The third-order valence-electron chi connectivity index (χ3n) is 11.4. The molecule has 0 atom stereocenters. The summed E-state index contributed by atoms with van der Waals surface area (Å²) in [4.78, 5) is 0. The zero-order valence-electron chi connectivity index (χ0n) is 34.8. The Morgan fingerprint density at radius 1 is 0.552 bits per heavy atom. The number of fused-ring (bicyclic) bond motifs is 2. The summed E-state index contributed by atoms with van der Waals surface area (Å²) in [5.74, 6) is 1.56. The van der Waals surface area contributed by atoms with E-state index in [4.69, 9.17) is 36.4 Å². The van der Waals surface area contributed by atoms with Gasteiger partial charge >= 0.3 is 0 Å². The van der Waals surface area contributed by atoms with E-state index in [9.17, 15) is 0 Å². The van der Waals surface area contributed by atoms with Gasteiger partial charge in [-0.1, -0.05) is 65.7 Å². The third kappa shape index (κ3) is 6.79. The molecular weight excluding hydrogens is 740 g/mol. The van der Waals surface area contributed by atoms with Crippen molar-refractivity contribution in [2.75, 3.05) is 13.2 Å². The summed E-state index contributed by atoms with van der Waals surface area (Å²) in [6, 6.07) is 29.5. The molecule has 0 spiro atoms. The topological polar surface area (TPSA) is 79.9 Å². The molecule has 0 saturated heterocycles. The Labute approximate surface area is 345 Å². The minimum absolute atomic E-state index is 0.552. The van der Waals surface area contributed by atoms with E-state index in [1.54, 1.807) is 0 Å². The van der Waals surface area contributed by atoms with Gasteiger partial charge in [-0.05, 0) is 123 Å². The van der Waals surface area contributed by atoms with E-state index in [1.807, 2.05) is 39.0 Å². The fourth-order valence-electron chi connectivity index (χ4n) is 8.65. The van der Waals surface area contributed by atoms with Gasteiger partial charge in [0.15, 0.2) is 0 Å². The predicted octanol–water partition coefficient (Wildman–Crippen LogP) is 11.9. The van der Waals surface area contributed by atoms with Crippen molar-refractivity contribution in [3.63, 3.8) is 0 Å². The van der Waals surface area contributed by atoms with E-state index in [0.29, 0.717) is 24.0 Å². The highest BCUT2D eigenvalue weighted by Crippen LogP contribution is 2.40. The highest BCUT2D eigenvalue weighted by atomic mass is 35.5. The number of aryl methyl sites for hydroxylation is 9. The van der Waals surface area contributed by atoms with Crippen LogP contribution in [0, 0.1) is 48.5 Å². The maximum atomic E-state index is 6.72. The van der Waals surface area contributed by atoms with E-state index in [0.717, 1.165) is 114 Å². The smallest absolute Gasteiger partial charge is 0.138 e. The molecular formula is C49H49ClN6O2. The van der Waals surface area contributed by atoms with Gasteiger partial charge in [0, 0.05) is 66.8 Å². The molecule has 0 fully saturated rings. The third-order valence-corrected chi connectivity index (χ3v) is 11.7. The number of hydrogen-bond donors (Lipinski definition) is 0. The quantitative estimate of drug-likeness (QED) is 0.130. The standard InChI is InChI=1S/C49H49ClN6O2/c1-10-57-39-22-24-42(29(4)26-39)56-31(6)44-30(5)51-53-48(46(44)34(56)9)37-19-14-35(15-20-37)16-23-41-45-32(7)55(38-21-25-43(58-11-2)40(50)27-38)33(8)47(45)49(54-52-41)36-17-12-28(3)13-18-36/h12-15,17-22,24-27H,10-11,16,23H2,1-9H3. The monoisotopic (exact) mass is 788 g/mol. The summed E-state index contributed by atoms with van der Waals surface area (Å²) >= 11 is 6.72. The van der Waals surface area contributed by atoms with Gasteiger partial charge in [0.1, 0.15) is 22.9 Å². The fraction of sp³-hybridized carbons (Fsp3) is 0.265. The van der Waals surface area contributed by atoms with Gasteiger partial charge in [0.05, 0.1) is 29.6 Å². The Kier molecular flexibility index (Phi) is 10.6.